The van der Waals surface area contributed by atoms with Crippen LogP contribution in [0.5, 0.6) is 0 Å². The maximum atomic E-state index is 11.8. The Morgan fingerprint density at radius 1 is 1.15 bits per heavy atom. The van der Waals surface area contributed by atoms with Crippen LogP contribution in [0.1, 0.15) is 12.8 Å². The monoisotopic (exact) mass is 477 g/mol. The van der Waals surface area contributed by atoms with E-state index in [1.165, 1.54) is 0 Å². The van der Waals surface area contributed by atoms with Gasteiger partial charge in [-0.05, 0) is 25.0 Å². The number of fused-ring (bicyclic) bond motifs is 2. The molecule has 0 radical (unpaired) electrons. The number of pyridine rings is 1. The van der Waals surface area contributed by atoms with Gasteiger partial charge in [0.15, 0.2) is 5.96 Å². The van der Waals surface area contributed by atoms with Crippen molar-refractivity contribution in [2.24, 2.45) is 23.5 Å². The molecule has 0 saturated heterocycles. The first-order valence-corrected chi connectivity index (χ1v) is 11.2. The van der Waals surface area contributed by atoms with Gasteiger partial charge >= 0.3 is 5.97 Å². The van der Waals surface area contributed by atoms with Crippen molar-refractivity contribution in [1.82, 2.24) is 0 Å². The third-order valence-electron chi connectivity index (χ3n) is 4.84. The van der Waals surface area contributed by atoms with Crippen LogP contribution < -0.4 is 21.4 Å². The molecule has 0 spiro atoms. The van der Waals surface area contributed by atoms with Crippen LogP contribution in [0.2, 0.25) is 0 Å². The molecule has 0 aliphatic heterocycles. The van der Waals surface area contributed by atoms with Gasteiger partial charge in [0.1, 0.15) is 13.1 Å². The number of carbonyl (C=O) groups is 1. The van der Waals surface area contributed by atoms with E-state index in [1.807, 2.05) is 55.6 Å². The van der Waals surface area contributed by atoms with Crippen molar-refractivity contribution in [2.45, 2.75) is 18.9 Å². The van der Waals surface area contributed by atoms with Gasteiger partial charge in [0.25, 0.3) is 0 Å². The first kappa shape index (κ1) is 25.8. The van der Waals surface area contributed by atoms with Crippen molar-refractivity contribution < 1.29 is 31.6 Å². The number of anilines is 1. The van der Waals surface area contributed by atoms with Crippen LogP contribution in [0.15, 0.2) is 53.5 Å². The zero-order valence-corrected chi connectivity index (χ0v) is 19.1. The fraction of sp³-hybridized carbons (Fsp3) is 0.286. The Labute approximate surface area is 191 Å². The standard InChI is InChI=1S/C20H23N5O2.CH4O4S/c1-25-16-10-4-2-7-13(16)18(14-8-3-5-11-17(14)25)24-15(19(26)27)9-6-12-23-20(21)22;1-5-6(2,3)4/h2-5,7-8,10-11,15H,6,9,12H2,1H3,(H5,21,22,23,26,27);1H3,(H,2,3,4). The Kier molecular flexibility index (Phi) is 8.91. The highest BCUT2D eigenvalue weighted by atomic mass is 32.3. The van der Waals surface area contributed by atoms with Crippen molar-refractivity contribution in [2.75, 3.05) is 19.0 Å². The molecule has 33 heavy (non-hydrogen) atoms. The minimum atomic E-state index is -4.41. The molecule has 0 aliphatic carbocycles. The number of aryl methyl sites for hydroxylation is 1. The molecule has 3 rings (SSSR count). The SMILES string of the molecule is COS(=O)(=O)[O-].C[n+]1c2ccccc2c(NC(CCCN=C(N)N)C(=O)O)c2ccccc21. The van der Waals surface area contributed by atoms with Gasteiger partial charge in [-0.1, -0.05) is 24.3 Å². The predicted molar refractivity (Wildman–Crippen MR) is 124 cm³/mol. The molecule has 3 aromatic rings. The summed E-state index contributed by atoms with van der Waals surface area (Å²) in [6.45, 7) is 0.402. The first-order chi connectivity index (χ1) is 15.5. The number of hydrogen-bond donors (Lipinski definition) is 4. The lowest BCUT2D eigenvalue weighted by atomic mass is 10.0. The summed E-state index contributed by atoms with van der Waals surface area (Å²) in [5.74, 6) is -0.886. The molecule has 6 N–H and O–H groups in total. The second kappa shape index (κ2) is 11.4. The largest absolute Gasteiger partial charge is 0.726 e. The highest BCUT2D eigenvalue weighted by Crippen LogP contribution is 2.30. The van der Waals surface area contributed by atoms with Gasteiger partial charge in [-0.15, -0.1) is 0 Å². The Morgan fingerprint density at radius 2 is 1.64 bits per heavy atom. The summed E-state index contributed by atoms with van der Waals surface area (Å²) in [6, 6.07) is 15.2. The fourth-order valence-corrected chi connectivity index (χ4v) is 3.32. The normalized spacial score (nSPS) is 12.0. The zero-order valence-electron chi connectivity index (χ0n) is 18.3. The Hall–Kier alpha value is -3.48. The molecule has 0 fully saturated rings. The number of rotatable bonds is 8. The molecule has 1 atom stereocenters. The lowest BCUT2D eigenvalue weighted by Gasteiger charge is -2.18. The average molecular weight is 478 g/mol. The zero-order chi connectivity index (χ0) is 24.6. The molecule has 1 aromatic heterocycles. The molecule has 12 heteroatoms. The van der Waals surface area contributed by atoms with Gasteiger partial charge in [-0.3, -0.25) is 9.18 Å². The molecule has 1 heterocycles. The summed E-state index contributed by atoms with van der Waals surface area (Å²) in [6.07, 6.45) is 0.980. The number of guanidine groups is 1. The number of carboxylic acids is 1. The lowest BCUT2D eigenvalue weighted by molar-refractivity contribution is -0.617. The Bertz CT molecular complexity index is 1200. The quantitative estimate of drug-likeness (QED) is 0.0694. The van der Waals surface area contributed by atoms with Gasteiger partial charge in [0, 0.05) is 18.7 Å². The smallest absolute Gasteiger partial charge is 0.326 e. The summed E-state index contributed by atoms with van der Waals surface area (Å²) < 4.78 is 33.1. The fourth-order valence-electron chi connectivity index (χ4n) is 3.32. The molecule has 0 amide bonds. The van der Waals surface area contributed by atoms with Crippen LogP contribution in [-0.2, 0) is 26.4 Å². The first-order valence-electron chi connectivity index (χ1n) is 9.90. The number of carboxylic acid groups (broad SMARTS) is 1. The second-order valence-corrected chi connectivity index (χ2v) is 8.18. The van der Waals surface area contributed by atoms with E-state index in [1.54, 1.807) is 0 Å². The van der Waals surface area contributed by atoms with Crippen molar-refractivity contribution >= 4 is 49.8 Å². The van der Waals surface area contributed by atoms with Gasteiger partial charge in [-0.25, -0.2) is 13.2 Å². The minimum absolute atomic E-state index is 0.0161. The molecular formula is C21H27N5O6S. The molecule has 0 bridgehead atoms. The van der Waals surface area contributed by atoms with E-state index >= 15 is 0 Å². The lowest BCUT2D eigenvalue weighted by Crippen LogP contribution is -2.33. The van der Waals surface area contributed by atoms with Crippen LogP contribution in [0, 0.1) is 0 Å². The molecule has 1 unspecified atom stereocenters. The molecule has 2 aromatic carbocycles. The van der Waals surface area contributed by atoms with E-state index in [-0.39, 0.29) is 5.96 Å². The summed E-state index contributed by atoms with van der Waals surface area (Å²) in [4.78, 5) is 15.7. The van der Waals surface area contributed by atoms with Crippen LogP contribution in [0.4, 0.5) is 5.69 Å². The van der Waals surface area contributed by atoms with E-state index in [2.05, 4.69) is 19.1 Å². The van der Waals surface area contributed by atoms with Crippen molar-refractivity contribution in [1.29, 1.82) is 0 Å². The number of nitrogens with two attached hydrogens (primary N) is 2. The van der Waals surface area contributed by atoms with E-state index in [4.69, 9.17) is 11.5 Å². The number of aromatic nitrogens is 1. The maximum absolute atomic E-state index is 11.8. The maximum Gasteiger partial charge on any atom is 0.326 e. The highest BCUT2D eigenvalue weighted by molar-refractivity contribution is 7.80. The summed E-state index contributed by atoms with van der Waals surface area (Å²) in [7, 11) is -1.59. The summed E-state index contributed by atoms with van der Waals surface area (Å²) in [5, 5.41) is 14.9. The molecular weight excluding hydrogens is 450 g/mol. The van der Waals surface area contributed by atoms with Crippen LogP contribution >= 0.6 is 0 Å². The number of hydrogen-bond acceptors (Lipinski definition) is 7. The van der Waals surface area contributed by atoms with Crippen LogP contribution in [-0.4, -0.2) is 49.7 Å². The topological polar surface area (TPSA) is 184 Å². The van der Waals surface area contributed by atoms with E-state index in [0.29, 0.717) is 19.4 Å². The molecule has 178 valence electrons. The van der Waals surface area contributed by atoms with Crippen molar-refractivity contribution in [3.63, 3.8) is 0 Å². The Morgan fingerprint density at radius 3 is 2.06 bits per heavy atom. The highest BCUT2D eigenvalue weighted by Gasteiger charge is 2.22. The number of para-hydroxylation sites is 2. The number of nitrogens with one attached hydrogen (secondary N) is 1. The second-order valence-electron chi connectivity index (χ2n) is 7.03. The van der Waals surface area contributed by atoms with Crippen molar-refractivity contribution in [3.05, 3.63) is 48.5 Å². The van der Waals surface area contributed by atoms with E-state index in [0.717, 1.165) is 34.6 Å². The molecule has 0 saturated carbocycles. The molecule has 11 nitrogen and oxygen atoms in total. The number of aliphatic carboxylic acids is 1. The average Bonchev–Trinajstić information content (AvgIpc) is 2.77. The van der Waals surface area contributed by atoms with Gasteiger partial charge in [-0.2, -0.15) is 4.57 Å². The van der Waals surface area contributed by atoms with Crippen LogP contribution in [0.3, 0.4) is 0 Å². The predicted octanol–water partition coefficient (Wildman–Crippen LogP) is 0.829. The number of nitrogens with zero attached hydrogens (tertiary/aromatic N) is 2. The third kappa shape index (κ3) is 7.27. The third-order valence-corrected chi connectivity index (χ3v) is 5.24. The van der Waals surface area contributed by atoms with Gasteiger partial charge in [0.2, 0.25) is 21.4 Å². The van der Waals surface area contributed by atoms with Crippen molar-refractivity contribution in [3.8, 4) is 0 Å². The van der Waals surface area contributed by atoms with Gasteiger partial charge < -0.3 is 26.4 Å². The number of aliphatic imine (C=N–C) groups is 1. The van der Waals surface area contributed by atoms with E-state index in [9.17, 15) is 22.9 Å². The summed E-state index contributed by atoms with van der Waals surface area (Å²) >= 11 is 0. The summed E-state index contributed by atoms with van der Waals surface area (Å²) in [5.41, 5.74) is 13.5. The van der Waals surface area contributed by atoms with Gasteiger partial charge in [0.05, 0.1) is 23.6 Å². The number of benzene rings is 2. The van der Waals surface area contributed by atoms with Crippen LogP contribution in [0.25, 0.3) is 21.8 Å². The van der Waals surface area contributed by atoms with E-state index < -0.39 is 22.4 Å². The minimum Gasteiger partial charge on any atom is -0.726 e. The Balaban J connectivity index is 0.000000569. The molecule has 0 aliphatic rings.